The molecular weight excluding hydrogens is 206 g/mol. The number of aliphatic carboxylic acids is 1. The van der Waals surface area contributed by atoms with Gasteiger partial charge in [-0.1, -0.05) is 6.92 Å². The molecule has 1 N–H and O–H groups in total. The maximum atomic E-state index is 10.6. The van der Waals surface area contributed by atoms with E-state index in [0.29, 0.717) is 6.54 Å². The van der Waals surface area contributed by atoms with E-state index in [1.54, 1.807) is 6.20 Å². The average Bonchev–Trinajstić information content (AvgIpc) is 2.26. The van der Waals surface area contributed by atoms with Crippen LogP contribution in [0.1, 0.15) is 26.0 Å². The third-order valence-electron chi connectivity index (χ3n) is 2.51. The van der Waals surface area contributed by atoms with Gasteiger partial charge in [-0.25, -0.2) is 9.97 Å². The van der Waals surface area contributed by atoms with Crippen molar-refractivity contribution in [3.8, 4) is 0 Å². The Balaban J connectivity index is 2.58. The number of aromatic nitrogens is 2. The molecule has 1 heterocycles. The summed E-state index contributed by atoms with van der Waals surface area (Å²) in [5.41, 5.74) is 0.911. The topological polar surface area (TPSA) is 66.3 Å². The van der Waals surface area contributed by atoms with Crippen molar-refractivity contribution in [1.82, 2.24) is 14.9 Å². The lowest BCUT2D eigenvalue weighted by molar-refractivity contribution is -0.138. The Morgan fingerprint density at radius 2 is 2.38 bits per heavy atom. The van der Waals surface area contributed by atoms with Gasteiger partial charge in [-0.2, -0.15) is 0 Å². The summed E-state index contributed by atoms with van der Waals surface area (Å²) in [7, 11) is 0. The summed E-state index contributed by atoms with van der Waals surface area (Å²) in [6, 6.07) is 1.85. The number of rotatable bonds is 6. The lowest BCUT2D eigenvalue weighted by Gasteiger charge is -2.26. The van der Waals surface area contributed by atoms with E-state index in [0.717, 1.165) is 12.2 Å². The van der Waals surface area contributed by atoms with Crippen LogP contribution in [0.3, 0.4) is 0 Å². The predicted octanol–water partition coefficient (Wildman–Crippen LogP) is 1.16. The Bertz CT molecular complexity index is 329. The Morgan fingerprint density at radius 3 is 2.88 bits per heavy atom. The number of carboxylic acid groups (broad SMARTS) is 1. The van der Waals surface area contributed by atoms with Crippen molar-refractivity contribution in [2.75, 3.05) is 6.54 Å². The van der Waals surface area contributed by atoms with Crippen molar-refractivity contribution in [2.45, 2.75) is 32.9 Å². The highest BCUT2D eigenvalue weighted by Gasteiger charge is 2.15. The van der Waals surface area contributed by atoms with E-state index in [4.69, 9.17) is 5.11 Å². The fourth-order valence-corrected chi connectivity index (χ4v) is 1.58. The van der Waals surface area contributed by atoms with Gasteiger partial charge in [0.25, 0.3) is 0 Å². The van der Waals surface area contributed by atoms with Crippen LogP contribution in [0.4, 0.5) is 0 Å². The van der Waals surface area contributed by atoms with Gasteiger partial charge in [0.1, 0.15) is 6.33 Å². The smallest absolute Gasteiger partial charge is 0.304 e. The fourth-order valence-electron chi connectivity index (χ4n) is 1.58. The van der Waals surface area contributed by atoms with Gasteiger partial charge in [-0.05, 0) is 19.5 Å². The predicted molar refractivity (Wildman–Crippen MR) is 59.8 cm³/mol. The van der Waals surface area contributed by atoms with Gasteiger partial charge in [-0.3, -0.25) is 9.69 Å². The molecular formula is C11H17N3O2. The zero-order valence-corrected chi connectivity index (χ0v) is 9.63. The van der Waals surface area contributed by atoms with Crippen LogP contribution in [-0.4, -0.2) is 38.5 Å². The van der Waals surface area contributed by atoms with Crippen molar-refractivity contribution < 1.29 is 9.90 Å². The van der Waals surface area contributed by atoms with Gasteiger partial charge in [-0.15, -0.1) is 0 Å². The molecule has 0 fully saturated rings. The third-order valence-corrected chi connectivity index (χ3v) is 2.51. The highest BCUT2D eigenvalue weighted by molar-refractivity contribution is 5.67. The maximum absolute atomic E-state index is 10.6. The van der Waals surface area contributed by atoms with Crippen LogP contribution in [0.15, 0.2) is 18.6 Å². The maximum Gasteiger partial charge on any atom is 0.304 e. The molecule has 1 unspecified atom stereocenters. The summed E-state index contributed by atoms with van der Waals surface area (Å²) in [4.78, 5) is 20.7. The molecule has 0 amide bonds. The van der Waals surface area contributed by atoms with Gasteiger partial charge in [0.2, 0.25) is 0 Å². The van der Waals surface area contributed by atoms with E-state index >= 15 is 0 Å². The molecule has 5 nitrogen and oxygen atoms in total. The molecule has 0 aliphatic rings. The molecule has 0 aliphatic carbocycles. The monoisotopic (exact) mass is 223 g/mol. The van der Waals surface area contributed by atoms with Crippen LogP contribution in [0.25, 0.3) is 0 Å². The van der Waals surface area contributed by atoms with Crippen molar-refractivity contribution in [3.05, 3.63) is 24.3 Å². The number of nitrogens with zero attached hydrogens (tertiary/aromatic N) is 3. The van der Waals surface area contributed by atoms with Crippen LogP contribution in [0.5, 0.6) is 0 Å². The Hall–Kier alpha value is -1.49. The van der Waals surface area contributed by atoms with Crippen LogP contribution >= 0.6 is 0 Å². The number of hydrogen-bond acceptors (Lipinski definition) is 4. The molecule has 1 atom stereocenters. The van der Waals surface area contributed by atoms with Crippen molar-refractivity contribution in [3.63, 3.8) is 0 Å². The third kappa shape index (κ3) is 3.94. The van der Waals surface area contributed by atoms with Crippen LogP contribution in [0.2, 0.25) is 0 Å². The van der Waals surface area contributed by atoms with Gasteiger partial charge in [0.15, 0.2) is 0 Å². The SMILES string of the molecule is CCN(Cc1ccncn1)C(C)CC(=O)O. The number of carboxylic acids is 1. The molecule has 0 bridgehead atoms. The van der Waals surface area contributed by atoms with Gasteiger partial charge < -0.3 is 5.11 Å². The second-order valence-corrected chi connectivity index (χ2v) is 3.71. The number of carbonyl (C=O) groups is 1. The van der Waals surface area contributed by atoms with Gasteiger partial charge in [0.05, 0.1) is 12.1 Å². The Labute approximate surface area is 95.1 Å². The molecule has 0 saturated heterocycles. The lowest BCUT2D eigenvalue weighted by Crippen LogP contribution is -2.34. The standard InChI is InChI=1S/C11H17N3O2/c1-3-14(9(2)6-11(15)16)7-10-4-5-12-8-13-10/h4-5,8-9H,3,6-7H2,1-2H3,(H,15,16). The first-order valence-electron chi connectivity index (χ1n) is 5.34. The highest BCUT2D eigenvalue weighted by Crippen LogP contribution is 2.08. The molecule has 0 spiro atoms. The minimum Gasteiger partial charge on any atom is -0.481 e. The van der Waals surface area contributed by atoms with Crippen LogP contribution < -0.4 is 0 Å². The molecule has 1 aromatic heterocycles. The largest absolute Gasteiger partial charge is 0.481 e. The normalized spacial score (nSPS) is 12.7. The zero-order chi connectivity index (χ0) is 12.0. The van der Waals surface area contributed by atoms with Crippen LogP contribution in [0, 0.1) is 0 Å². The van der Waals surface area contributed by atoms with Gasteiger partial charge >= 0.3 is 5.97 Å². The molecule has 1 rings (SSSR count). The Morgan fingerprint density at radius 1 is 1.62 bits per heavy atom. The van der Waals surface area contributed by atoms with Crippen molar-refractivity contribution in [2.24, 2.45) is 0 Å². The molecule has 0 aromatic carbocycles. The van der Waals surface area contributed by atoms with E-state index in [-0.39, 0.29) is 12.5 Å². The van der Waals surface area contributed by atoms with E-state index in [2.05, 4.69) is 14.9 Å². The first kappa shape index (κ1) is 12.6. The lowest BCUT2D eigenvalue weighted by atomic mass is 10.2. The van der Waals surface area contributed by atoms with E-state index in [1.165, 1.54) is 6.33 Å². The summed E-state index contributed by atoms with van der Waals surface area (Å²) in [5.74, 6) is -0.770. The minimum absolute atomic E-state index is 0.0115. The molecule has 5 heteroatoms. The molecule has 1 aromatic rings. The van der Waals surface area contributed by atoms with E-state index < -0.39 is 5.97 Å². The van der Waals surface area contributed by atoms with Crippen LogP contribution in [-0.2, 0) is 11.3 Å². The molecule has 88 valence electrons. The first-order chi connectivity index (χ1) is 7.63. The van der Waals surface area contributed by atoms with Crippen molar-refractivity contribution >= 4 is 5.97 Å². The Kier molecular flexibility index (Phi) is 4.85. The number of hydrogen-bond donors (Lipinski definition) is 1. The summed E-state index contributed by atoms with van der Waals surface area (Å²) >= 11 is 0. The summed E-state index contributed by atoms with van der Waals surface area (Å²) in [6.45, 7) is 5.39. The zero-order valence-electron chi connectivity index (χ0n) is 9.63. The fraction of sp³-hybridized carbons (Fsp3) is 0.545. The van der Waals surface area contributed by atoms with E-state index in [9.17, 15) is 4.79 Å². The molecule has 16 heavy (non-hydrogen) atoms. The molecule has 0 saturated carbocycles. The van der Waals surface area contributed by atoms with Gasteiger partial charge in [0, 0.05) is 18.8 Å². The average molecular weight is 223 g/mol. The minimum atomic E-state index is -0.770. The molecule has 0 aliphatic heterocycles. The first-order valence-corrected chi connectivity index (χ1v) is 5.34. The van der Waals surface area contributed by atoms with E-state index in [1.807, 2.05) is 19.9 Å². The molecule has 0 radical (unpaired) electrons. The highest BCUT2D eigenvalue weighted by atomic mass is 16.4. The second-order valence-electron chi connectivity index (χ2n) is 3.71. The summed E-state index contributed by atoms with van der Waals surface area (Å²) in [6.07, 6.45) is 3.35. The summed E-state index contributed by atoms with van der Waals surface area (Å²) < 4.78 is 0. The quantitative estimate of drug-likeness (QED) is 0.784. The second kappa shape index (κ2) is 6.17. The summed E-state index contributed by atoms with van der Waals surface area (Å²) in [5, 5.41) is 8.74. The van der Waals surface area contributed by atoms with Crippen molar-refractivity contribution in [1.29, 1.82) is 0 Å².